The highest BCUT2D eigenvalue weighted by atomic mass is 32.1. The summed E-state index contributed by atoms with van der Waals surface area (Å²) < 4.78 is 46.3. The first-order valence-corrected chi connectivity index (χ1v) is 8.04. The van der Waals surface area contributed by atoms with Crippen molar-refractivity contribution in [1.29, 1.82) is 0 Å². The second-order valence-corrected chi connectivity index (χ2v) is 5.77. The van der Waals surface area contributed by atoms with Crippen molar-refractivity contribution in [2.75, 3.05) is 11.9 Å². The summed E-state index contributed by atoms with van der Waals surface area (Å²) in [4.78, 5) is 33.7. The minimum Gasteiger partial charge on any atom is -0.451 e. The molecule has 1 aromatic carbocycles. The number of alkyl halides is 3. The number of benzene rings is 1. The molecule has 0 aliphatic carbocycles. The molecular formula is C14H11F3N4O5S. The van der Waals surface area contributed by atoms with Gasteiger partial charge in [-0.05, 0) is 30.1 Å². The van der Waals surface area contributed by atoms with E-state index in [0.717, 1.165) is 17.6 Å². The van der Waals surface area contributed by atoms with E-state index in [1.54, 1.807) is 6.92 Å². The molecule has 1 amide bonds. The molecule has 0 fully saturated rings. The number of nitrogens with one attached hydrogen (secondary N) is 1. The first-order valence-electron chi connectivity index (χ1n) is 7.27. The predicted molar refractivity (Wildman–Crippen MR) is 86.3 cm³/mol. The first-order chi connectivity index (χ1) is 12.6. The van der Waals surface area contributed by atoms with Gasteiger partial charge in [0.1, 0.15) is 5.69 Å². The summed E-state index contributed by atoms with van der Waals surface area (Å²) in [7, 11) is 0. The molecule has 0 saturated carbocycles. The average molecular weight is 404 g/mol. The van der Waals surface area contributed by atoms with E-state index in [-0.39, 0.29) is 4.88 Å². The lowest BCUT2D eigenvalue weighted by atomic mass is 10.1. The van der Waals surface area contributed by atoms with Gasteiger partial charge in [-0.3, -0.25) is 14.9 Å². The summed E-state index contributed by atoms with van der Waals surface area (Å²) in [6, 6.07) is 1.65. The number of aryl methyl sites for hydroxylation is 1. The van der Waals surface area contributed by atoms with Crippen molar-refractivity contribution in [2.24, 2.45) is 0 Å². The standard InChI is InChI=1S/C14H11F3N4O5S/c1-2-8-12(27-20-19-8)13(23)26-6-11(22)18-9-4-3-7(14(15,16)17)5-10(9)21(24)25/h3-5H,2,6H2,1H3,(H,18,22). The van der Waals surface area contributed by atoms with Crippen LogP contribution < -0.4 is 5.32 Å². The van der Waals surface area contributed by atoms with Crippen LogP contribution in [0.1, 0.15) is 27.9 Å². The predicted octanol–water partition coefficient (Wildman–Crippen LogP) is 2.82. The maximum atomic E-state index is 12.7. The Bertz CT molecular complexity index is 884. The van der Waals surface area contributed by atoms with Gasteiger partial charge in [0, 0.05) is 6.07 Å². The Balaban J connectivity index is 2.07. The molecule has 144 valence electrons. The highest BCUT2D eigenvalue weighted by Crippen LogP contribution is 2.34. The number of esters is 1. The first kappa shape index (κ1) is 20.2. The minimum atomic E-state index is -4.78. The largest absolute Gasteiger partial charge is 0.451 e. The summed E-state index contributed by atoms with van der Waals surface area (Å²) in [6.45, 7) is 0.946. The second-order valence-electron chi connectivity index (χ2n) is 5.01. The van der Waals surface area contributed by atoms with Crippen LogP contribution in [0.15, 0.2) is 18.2 Å². The highest BCUT2D eigenvalue weighted by molar-refractivity contribution is 7.07. The third-order valence-corrected chi connectivity index (χ3v) is 3.95. The number of carbonyl (C=O) groups excluding carboxylic acids is 2. The molecule has 27 heavy (non-hydrogen) atoms. The molecule has 0 aliphatic heterocycles. The Morgan fingerprint density at radius 2 is 2.07 bits per heavy atom. The lowest BCUT2D eigenvalue weighted by molar-refractivity contribution is -0.384. The van der Waals surface area contributed by atoms with E-state index in [4.69, 9.17) is 4.74 Å². The maximum absolute atomic E-state index is 12.7. The number of hydrogen-bond donors (Lipinski definition) is 1. The smallest absolute Gasteiger partial charge is 0.416 e. The number of amides is 1. The third-order valence-electron chi connectivity index (χ3n) is 3.21. The van der Waals surface area contributed by atoms with Gasteiger partial charge in [-0.25, -0.2) is 4.79 Å². The van der Waals surface area contributed by atoms with Crippen LogP contribution >= 0.6 is 11.5 Å². The molecule has 2 aromatic rings. The van der Waals surface area contributed by atoms with E-state index in [1.165, 1.54) is 0 Å². The van der Waals surface area contributed by atoms with Gasteiger partial charge in [0.15, 0.2) is 11.5 Å². The number of halogens is 3. The summed E-state index contributed by atoms with van der Waals surface area (Å²) >= 11 is 0.785. The van der Waals surface area contributed by atoms with Crippen LogP contribution in [0.3, 0.4) is 0 Å². The number of ether oxygens (including phenoxy) is 1. The molecule has 1 N–H and O–H groups in total. The minimum absolute atomic E-state index is 0.116. The molecule has 0 unspecified atom stereocenters. The summed E-state index contributed by atoms with van der Waals surface area (Å²) in [5.41, 5.74) is -2.24. The number of anilines is 1. The van der Waals surface area contributed by atoms with Crippen LogP contribution in [0, 0.1) is 10.1 Å². The topological polar surface area (TPSA) is 124 Å². The zero-order valence-corrected chi connectivity index (χ0v) is 14.4. The molecule has 1 heterocycles. The maximum Gasteiger partial charge on any atom is 0.416 e. The van der Waals surface area contributed by atoms with Crippen molar-refractivity contribution in [3.8, 4) is 0 Å². The van der Waals surface area contributed by atoms with E-state index in [2.05, 4.69) is 9.59 Å². The van der Waals surface area contributed by atoms with Gasteiger partial charge >= 0.3 is 12.1 Å². The molecule has 0 saturated heterocycles. The van der Waals surface area contributed by atoms with Crippen molar-refractivity contribution in [3.63, 3.8) is 0 Å². The zero-order chi connectivity index (χ0) is 20.2. The van der Waals surface area contributed by atoms with Gasteiger partial charge < -0.3 is 10.1 Å². The van der Waals surface area contributed by atoms with E-state index in [9.17, 15) is 32.9 Å². The van der Waals surface area contributed by atoms with Crippen molar-refractivity contribution < 1.29 is 32.4 Å². The van der Waals surface area contributed by atoms with Crippen molar-refractivity contribution >= 4 is 34.8 Å². The Morgan fingerprint density at radius 1 is 1.37 bits per heavy atom. The number of nitro benzene ring substituents is 1. The lowest BCUT2D eigenvalue weighted by Gasteiger charge is -2.10. The van der Waals surface area contributed by atoms with E-state index >= 15 is 0 Å². The SMILES string of the molecule is CCc1nnsc1C(=O)OCC(=O)Nc1ccc(C(F)(F)F)cc1[N+](=O)[O-]. The fraction of sp³-hybridized carbons (Fsp3) is 0.286. The van der Waals surface area contributed by atoms with Gasteiger partial charge in [0.2, 0.25) is 0 Å². The summed E-state index contributed by atoms with van der Waals surface area (Å²) in [6.07, 6.45) is -4.35. The molecule has 2 rings (SSSR count). The van der Waals surface area contributed by atoms with Crippen LogP contribution in [0.4, 0.5) is 24.5 Å². The number of aromatic nitrogens is 2. The summed E-state index contributed by atoms with van der Waals surface area (Å²) in [5.74, 6) is -1.80. The summed E-state index contributed by atoms with van der Waals surface area (Å²) in [5, 5.41) is 16.7. The van der Waals surface area contributed by atoms with E-state index in [1.807, 2.05) is 5.32 Å². The quantitative estimate of drug-likeness (QED) is 0.446. The number of nitro groups is 1. The van der Waals surface area contributed by atoms with Crippen LogP contribution in [0.5, 0.6) is 0 Å². The number of carbonyl (C=O) groups is 2. The van der Waals surface area contributed by atoms with Crippen LogP contribution in [-0.4, -0.2) is 33.0 Å². The molecule has 0 radical (unpaired) electrons. The highest BCUT2D eigenvalue weighted by Gasteiger charge is 2.33. The molecular weight excluding hydrogens is 393 g/mol. The van der Waals surface area contributed by atoms with Crippen LogP contribution in [0.2, 0.25) is 0 Å². The molecule has 9 nitrogen and oxygen atoms in total. The fourth-order valence-corrected chi connectivity index (χ4v) is 2.59. The number of nitrogens with zero attached hydrogens (tertiary/aromatic N) is 3. The second kappa shape index (κ2) is 8.07. The van der Waals surface area contributed by atoms with Crippen molar-refractivity contribution in [1.82, 2.24) is 9.59 Å². The van der Waals surface area contributed by atoms with Crippen molar-refractivity contribution in [2.45, 2.75) is 19.5 Å². The average Bonchev–Trinajstić information content (AvgIpc) is 3.07. The van der Waals surface area contributed by atoms with Gasteiger partial charge in [-0.2, -0.15) is 13.2 Å². The van der Waals surface area contributed by atoms with Crippen LogP contribution in [-0.2, 0) is 22.1 Å². The van der Waals surface area contributed by atoms with Crippen molar-refractivity contribution in [3.05, 3.63) is 44.4 Å². The Labute approximate surface area is 153 Å². The van der Waals surface area contributed by atoms with Gasteiger partial charge in [-0.15, -0.1) is 5.10 Å². The third kappa shape index (κ3) is 4.97. The van der Waals surface area contributed by atoms with E-state index in [0.29, 0.717) is 24.2 Å². The zero-order valence-electron chi connectivity index (χ0n) is 13.6. The molecule has 1 aromatic heterocycles. The number of rotatable bonds is 6. The fourth-order valence-electron chi connectivity index (χ4n) is 1.94. The Kier molecular flexibility index (Phi) is 6.05. The Morgan fingerprint density at radius 3 is 2.67 bits per heavy atom. The molecule has 13 heteroatoms. The number of hydrogen-bond acceptors (Lipinski definition) is 8. The lowest BCUT2D eigenvalue weighted by Crippen LogP contribution is -2.21. The van der Waals surface area contributed by atoms with Gasteiger partial charge in [0.25, 0.3) is 11.6 Å². The van der Waals surface area contributed by atoms with E-state index < -0.39 is 46.5 Å². The van der Waals surface area contributed by atoms with Gasteiger partial charge in [0.05, 0.1) is 16.2 Å². The monoisotopic (exact) mass is 404 g/mol. The molecule has 0 atom stereocenters. The van der Waals surface area contributed by atoms with Gasteiger partial charge in [-0.1, -0.05) is 11.4 Å². The van der Waals surface area contributed by atoms with Crippen LogP contribution in [0.25, 0.3) is 0 Å². The molecule has 0 spiro atoms. The normalized spacial score (nSPS) is 11.1. The molecule has 0 aliphatic rings. The molecule has 0 bridgehead atoms. The Hall–Kier alpha value is -3.09.